The number of methoxy groups -OCH3 is 1. The number of carbonyl (C=O) groups is 4. The normalized spacial score (nSPS) is 23.3. The summed E-state index contributed by atoms with van der Waals surface area (Å²) in [5.74, 6) is -2.43. The number of fused-ring (bicyclic) bond motifs is 1. The van der Waals surface area contributed by atoms with E-state index in [1.165, 1.54) is 0 Å². The largest absolute Gasteiger partial charge is 0.462 e. The van der Waals surface area contributed by atoms with Gasteiger partial charge in [0.05, 0.1) is 18.8 Å². The number of likely N-dealkylation sites (tertiary alicyclic amines) is 1. The van der Waals surface area contributed by atoms with Crippen LogP contribution in [0.25, 0.3) is 0 Å². The lowest BCUT2D eigenvalue weighted by molar-refractivity contribution is -0.159. The topological polar surface area (TPSA) is 96.0 Å². The molecule has 2 aliphatic rings. The number of urea groups is 1. The van der Waals surface area contributed by atoms with Gasteiger partial charge >= 0.3 is 17.9 Å². The SMILES string of the molecule is COC(=O)C(=O)N1CC[C@H]2NC(=O)N(c3ccccc3)C(=O)[C@H]21. The minimum absolute atomic E-state index is 0.206. The molecule has 0 spiro atoms. The molecule has 0 aromatic heterocycles. The Balaban J connectivity index is 1.91. The van der Waals surface area contributed by atoms with Crippen molar-refractivity contribution in [3.63, 3.8) is 0 Å². The summed E-state index contributed by atoms with van der Waals surface area (Å²) in [5.41, 5.74) is 0.408. The van der Waals surface area contributed by atoms with Crippen LogP contribution in [0.4, 0.5) is 10.5 Å². The highest BCUT2D eigenvalue weighted by molar-refractivity contribution is 6.33. The van der Waals surface area contributed by atoms with Gasteiger partial charge in [0.1, 0.15) is 6.04 Å². The summed E-state index contributed by atoms with van der Waals surface area (Å²) in [6, 6.07) is 6.49. The summed E-state index contributed by atoms with van der Waals surface area (Å²) in [5, 5.41) is 2.72. The lowest BCUT2D eigenvalue weighted by Gasteiger charge is -2.36. The van der Waals surface area contributed by atoms with Crippen LogP contribution < -0.4 is 10.2 Å². The summed E-state index contributed by atoms with van der Waals surface area (Å²) in [4.78, 5) is 50.7. The van der Waals surface area contributed by atoms with Crippen molar-refractivity contribution >= 4 is 29.5 Å². The first-order chi connectivity index (χ1) is 11.0. The molecule has 8 heteroatoms. The van der Waals surface area contributed by atoms with Gasteiger partial charge in [0.25, 0.3) is 5.91 Å². The lowest BCUT2D eigenvalue weighted by Crippen LogP contribution is -2.65. The summed E-state index contributed by atoms with van der Waals surface area (Å²) in [6.07, 6.45) is 0.410. The monoisotopic (exact) mass is 317 g/mol. The van der Waals surface area contributed by atoms with Crippen LogP contribution in [-0.4, -0.2) is 54.5 Å². The molecule has 2 aliphatic heterocycles. The zero-order chi connectivity index (χ0) is 16.6. The molecule has 0 saturated carbocycles. The number of rotatable bonds is 1. The third-order valence-corrected chi connectivity index (χ3v) is 4.02. The number of amides is 4. The number of carbonyl (C=O) groups excluding carboxylic acids is 4. The highest BCUT2D eigenvalue weighted by atomic mass is 16.5. The van der Waals surface area contributed by atoms with E-state index < -0.39 is 35.9 Å². The Bertz CT molecular complexity index is 675. The molecule has 2 fully saturated rings. The maximum Gasteiger partial charge on any atom is 0.396 e. The quantitative estimate of drug-likeness (QED) is 0.576. The van der Waals surface area contributed by atoms with Crippen molar-refractivity contribution in [3.05, 3.63) is 30.3 Å². The maximum atomic E-state index is 12.8. The molecule has 0 radical (unpaired) electrons. The van der Waals surface area contributed by atoms with Crippen molar-refractivity contribution in [2.45, 2.75) is 18.5 Å². The fourth-order valence-electron chi connectivity index (χ4n) is 2.96. The first-order valence-corrected chi connectivity index (χ1v) is 7.13. The van der Waals surface area contributed by atoms with E-state index in [1.54, 1.807) is 30.3 Å². The van der Waals surface area contributed by atoms with Crippen molar-refractivity contribution in [3.8, 4) is 0 Å². The van der Waals surface area contributed by atoms with E-state index in [0.717, 1.165) is 16.9 Å². The molecule has 4 amide bonds. The molecule has 0 unspecified atom stereocenters. The first kappa shape index (κ1) is 15.0. The van der Waals surface area contributed by atoms with Crippen molar-refractivity contribution < 1.29 is 23.9 Å². The van der Waals surface area contributed by atoms with E-state index >= 15 is 0 Å². The van der Waals surface area contributed by atoms with Gasteiger partial charge < -0.3 is 15.0 Å². The zero-order valence-corrected chi connectivity index (χ0v) is 12.4. The van der Waals surface area contributed by atoms with Crippen LogP contribution in [0.3, 0.4) is 0 Å². The summed E-state index contributed by atoms with van der Waals surface area (Å²) in [6.45, 7) is 0.206. The number of imide groups is 1. The third-order valence-electron chi connectivity index (χ3n) is 4.02. The van der Waals surface area contributed by atoms with Crippen molar-refractivity contribution in [1.82, 2.24) is 10.2 Å². The van der Waals surface area contributed by atoms with E-state index in [-0.39, 0.29) is 6.54 Å². The number of benzene rings is 1. The molecule has 2 heterocycles. The average molecular weight is 317 g/mol. The van der Waals surface area contributed by atoms with Gasteiger partial charge in [-0.05, 0) is 18.6 Å². The smallest absolute Gasteiger partial charge is 0.396 e. The standard InChI is InChI=1S/C15H15N3O5/c1-23-14(21)13(20)17-8-7-10-11(17)12(19)18(15(22)16-10)9-5-3-2-4-6-9/h2-6,10-11H,7-8H2,1H3,(H,16,22)/t10-,11+/m1/s1. The van der Waals surface area contributed by atoms with E-state index in [4.69, 9.17) is 0 Å². The van der Waals surface area contributed by atoms with Gasteiger partial charge in [0.2, 0.25) is 0 Å². The van der Waals surface area contributed by atoms with Crippen LogP contribution in [0.5, 0.6) is 0 Å². The van der Waals surface area contributed by atoms with Crippen molar-refractivity contribution in [1.29, 1.82) is 0 Å². The van der Waals surface area contributed by atoms with Crippen molar-refractivity contribution in [2.75, 3.05) is 18.6 Å². The maximum absolute atomic E-state index is 12.8. The van der Waals surface area contributed by atoms with Gasteiger partial charge in [-0.25, -0.2) is 14.5 Å². The summed E-state index contributed by atoms with van der Waals surface area (Å²) < 4.78 is 4.43. The number of para-hydroxylation sites is 1. The Hall–Kier alpha value is -2.90. The molecule has 2 saturated heterocycles. The second-order valence-corrected chi connectivity index (χ2v) is 5.29. The molecule has 2 atom stereocenters. The molecular formula is C15H15N3O5. The molecular weight excluding hydrogens is 302 g/mol. The van der Waals surface area contributed by atoms with Crippen molar-refractivity contribution in [2.24, 2.45) is 0 Å². The highest BCUT2D eigenvalue weighted by Gasteiger charge is 2.51. The number of hydrogen-bond donors (Lipinski definition) is 1. The van der Waals surface area contributed by atoms with E-state index in [9.17, 15) is 19.2 Å². The van der Waals surface area contributed by atoms with E-state index in [1.807, 2.05) is 0 Å². The van der Waals surface area contributed by atoms with Crippen LogP contribution >= 0.6 is 0 Å². The highest BCUT2D eigenvalue weighted by Crippen LogP contribution is 2.27. The Morgan fingerprint density at radius 1 is 1.22 bits per heavy atom. The summed E-state index contributed by atoms with van der Waals surface area (Å²) >= 11 is 0. The Morgan fingerprint density at radius 3 is 2.57 bits per heavy atom. The van der Waals surface area contributed by atoms with E-state index in [2.05, 4.69) is 10.1 Å². The molecule has 0 aliphatic carbocycles. The van der Waals surface area contributed by atoms with Gasteiger partial charge in [-0.15, -0.1) is 0 Å². The minimum Gasteiger partial charge on any atom is -0.462 e. The van der Waals surface area contributed by atoms with Crippen LogP contribution in [0.2, 0.25) is 0 Å². The van der Waals surface area contributed by atoms with Gasteiger partial charge in [0, 0.05) is 6.54 Å². The first-order valence-electron chi connectivity index (χ1n) is 7.13. The minimum atomic E-state index is -1.03. The molecule has 8 nitrogen and oxygen atoms in total. The van der Waals surface area contributed by atoms with Gasteiger partial charge in [0.15, 0.2) is 0 Å². The molecule has 0 bridgehead atoms. The van der Waals surface area contributed by atoms with Crippen LogP contribution in [0.15, 0.2) is 30.3 Å². The third kappa shape index (κ3) is 2.41. The second-order valence-electron chi connectivity index (χ2n) is 5.29. The number of anilines is 1. The zero-order valence-electron chi connectivity index (χ0n) is 12.4. The number of ether oxygens (including phenoxy) is 1. The van der Waals surface area contributed by atoms with E-state index in [0.29, 0.717) is 12.1 Å². The molecule has 120 valence electrons. The van der Waals surface area contributed by atoms with Gasteiger partial charge in [-0.3, -0.25) is 9.59 Å². The van der Waals surface area contributed by atoms with Crippen LogP contribution in [0.1, 0.15) is 6.42 Å². The van der Waals surface area contributed by atoms with Gasteiger partial charge in [-0.1, -0.05) is 18.2 Å². The molecule has 1 aromatic rings. The fourth-order valence-corrected chi connectivity index (χ4v) is 2.96. The number of nitrogens with one attached hydrogen (secondary N) is 1. The predicted octanol–water partition coefficient (Wildman–Crippen LogP) is -0.115. The average Bonchev–Trinajstić information content (AvgIpc) is 2.98. The second kappa shape index (κ2) is 5.71. The fraction of sp³-hybridized carbons (Fsp3) is 0.333. The van der Waals surface area contributed by atoms with Gasteiger partial charge in [-0.2, -0.15) is 0 Å². The molecule has 1 N–H and O–H groups in total. The predicted molar refractivity (Wildman–Crippen MR) is 78.4 cm³/mol. The van der Waals surface area contributed by atoms with Crippen LogP contribution in [0, 0.1) is 0 Å². The number of nitrogens with zero attached hydrogens (tertiary/aromatic N) is 2. The Morgan fingerprint density at radius 2 is 1.91 bits per heavy atom. The summed E-state index contributed by atoms with van der Waals surface area (Å²) in [7, 11) is 1.11. The molecule has 23 heavy (non-hydrogen) atoms. The lowest BCUT2D eigenvalue weighted by atomic mass is 10.0. The Labute approximate surface area is 132 Å². The number of esters is 1. The molecule has 3 rings (SSSR count). The Kier molecular flexibility index (Phi) is 3.73. The molecule has 1 aromatic carbocycles. The number of hydrogen-bond acceptors (Lipinski definition) is 5. The van der Waals surface area contributed by atoms with Crippen LogP contribution in [-0.2, 0) is 19.1 Å².